The number of nitrogens with zero attached hydrogens (tertiary/aromatic N) is 1. The minimum absolute atomic E-state index is 0.775. The summed E-state index contributed by atoms with van der Waals surface area (Å²) in [5.74, 6) is 0.795. The Bertz CT molecular complexity index is 885. The lowest BCUT2D eigenvalue weighted by molar-refractivity contribution is -0.0680. The van der Waals surface area contributed by atoms with Gasteiger partial charge in [0.25, 0.3) is 5.79 Å². The highest BCUT2D eigenvalue weighted by atomic mass is 32.2. The summed E-state index contributed by atoms with van der Waals surface area (Å²) in [6.07, 6.45) is 0. The molecular formula is C22H21NO2S. The molecule has 1 heterocycles. The molecule has 1 atom stereocenters. The molecule has 4 heteroatoms. The van der Waals surface area contributed by atoms with E-state index in [-0.39, 0.29) is 0 Å². The molecule has 0 bridgehead atoms. The van der Waals surface area contributed by atoms with Crippen molar-refractivity contribution in [3.63, 3.8) is 0 Å². The van der Waals surface area contributed by atoms with Crippen molar-refractivity contribution in [3.8, 4) is 11.5 Å². The Morgan fingerprint density at radius 1 is 0.846 bits per heavy atom. The summed E-state index contributed by atoms with van der Waals surface area (Å²) in [6, 6.07) is 26.6. The maximum absolute atomic E-state index is 6.17. The van der Waals surface area contributed by atoms with E-state index >= 15 is 0 Å². The van der Waals surface area contributed by atoms with Crippen LogP contribution in [0.25, 0.3) is 0 Å². The van der Waals surface area contributed by atoms with Gasteiger partial charge in [0, 0.05) is 23.9 Å². The molecule has 26 heavy (non-hydrogen) atoms. The number of hydrogen-bond acceptors (Lipinski definition) is 4. The third-order valence-corrected chi connectivity index (χ3v) is 5.24. The molecule has 0 radical (unpaired) electrons. The smallest absolute Gasteiger partial charge is 0.275 e. The molecule has 3 aromatic carbocycles. The van der Waals surface area contributed by atoms with Crippen LogP contribution in [0.4, 0.5) is 0 Å². The molecule has 1 unspecified atom stereocenters. The van der Waals surface area contributed by atoms with Gasteiger partial charge in [0.05, 0.1) is 0 Å². The zero-order valence-electron chi connectivity index (χ0n) is 14.9. The van der Waals surface area contributed by atoms with E-state index in [0.717, 1.165) is 28.5 Å². The average Bonchev–Trinajstić information content (AvgIpc) is 3.00. The summed E-state index contributed by atoms with van der Waals surface area (Å²) in [7, 11) is 2.09. The Morgan fingerprint density at radius 3 is 2.23 bits per heavy atom. The van der Waals surface area contributed by atoms with Crippen LogP contribution in [0.1, 0.15) is 18.1 Å². The van der Waals surface area contributed by atoms with E-state index in [1.54, 1.807) is 11.9 Å². The number of ether oxygens (including phenoxy) is 2. The molecule has 3 aromatic rings. The maximum Gasteiger partial charge on any atom is 0.275 e. The van der Waals surface area contributed by atoms with Crippen molar-refractivity contribution in [1.82, 2.24) is 4.31 Å². The van der Waals surface area contributed by atoms with Crippen LogP contribution in [-0.2, 0) is 12.3 Å². The topological polar surface area (TPSA) is 21.7 Å². The lowest BCUT2D eigenvalue weighted by atomic mass is 10.1. The van der Waals surface area contributed by atoms with Crippen LogP contribution in [0.15, 0.2) is 83.8 Å². The number of fused-ring (bicyclic) bond motifs is 1. The second kappa shape index (κ2) is 7.06. The standard InChI is InChI=1S/C22H21NO2S/c1-22(18-11-7-4-8-12-18)24-20-14-13-19(15-21(20)25-22)26-23(2)16-17-9-5-3-6-10-17/h3-15H,16H2,1-2H3. The predicted molar refractivity (Wildman–Crippen MR) is 105 cm³/mol. The molecule has 1 aliphatic rings. The normalized spacial score (nSPS) is 18.3. The van der Waals surface area contributed by atoms with Crippen molar-refractivity contribution >= 4 is 11.9 Å². The van der Waals surface area contributed by atoms with Crippen molar-refractivity contribution in [3.05, 3.63) is 90.0 Å². The maximum atomic E-state index is 6.17. The van der Waals surface area contributed by atoms with Gasteiger partial charge in [-0.15, -0.1) is 0 Å². The van der Waals surface area contributed by atoms with Crippen LogP contribution in [0.5, 0.6) is 11.5 Å². The summed E-state index contributed by atoms with van der Waals surface area (Å²) in [4.78, 5) is 1.13. The molecule has 0 fully saturated rings. The van der Waals surface area contributed by atoms with E-state index in [0.29, 0.717) is 0 Å². The first-order valence-corrected chi connectivity index (χ1v) is 9.40. The monoisotopic (exact) mass is 363 g/mol. The summed E-state index contributed by atoms with van der Waals surface area (Å²) < 4.78 is 14.5. The second-order valence-electron chi connectivity index (χ2n) is 6.49. The van der Waals surface area contributed by atoms with Crippen LogP contribution in [0.3, 0.4) is 0 Å². The van der Waals surface area contributed by atoms with Crippen molar-refractivity contribution in [2.45, 2.75) is 24.2 Å². The van der Waals surface area contributed by atoms with Gasteiger partial charge in [0.1, 0.15) is 0 Å². The molecule has 0 N–H and O–H groups in total. The van der Waals surface area contributed by atoms with E-state index in [1.807, 2.05) is 49.4 Å². The number of hydrogen-bond donors (Lipinski definition) is 0. The van der Waals surface area contributed by atoms with Crippen LogP contribution < -0.4 is 9.47 Å². The number of benzene rings is 3. The average molecular weight is 363 g/mol. The zero-order valence-corrected chi connectivity index (χ0v) is 15.7. The van der Waals surface area contributed by atoms with E-state index in [9.17, 15) is 0 Å². The van der Waals surface area contributed by atoms with Gasteiger partial charge in [0.2, 0.25) is 0 Å². The fourth-order valence-corrected chi connectivity index (χ4v) is 3.92. The number of rotatable bonds is 5. The fraction of sp³-hybridized carbons (Fsp3) is 0.182. The molecule has 0 saturated heterocycles. The minimum atomic E-state index is -0.775. The molecule has 3 nitrogen and oxygen atoms in total. The highest BCUT2D eigenvalue weighted by Crippen LogP contribution is 2.45. The van der Waals surface area contributed by atoms with Crippen LogP contribution in [0.2, 0.25) is 0 Å². The highest BCUT2D eigenvalue weighted by molar-refractivity contribution is 7.97. The van der Waals surface area contributed by atoms with E-state index in [2.05, 4.69) is 47.8 Å². The van der Waals surface area contributed by atoms with Crippen LogP contribution in [0, 0.1) is 0 Å². The zero-order chi connectivity index (χ0) is 18.0. The van der Waals surface area contributed by atoms with Gasteiger partial charge in [-0.25, -0.2) is 4.31 Å². The van der Waals surface area contributed by atoms with Crippen LogP contribution >= 0.6 is 11.9 Å². The van der Waals surface area contributed by atoms with Gasteiger partial charge in [-0.3, -0.25) is 0 Å². The van der Waals surface area contributed by atoms with Gasteiger partial charge >= 0.3 is 0 Å². The van der Waals surface area contributed by atoms with Gasteiger partial charge in [0.15, 0.2) is 11.5 Å². The lowest BCUT2D eigenvalue weighted by Crippen LogP contribution is -2.31. The van der Waals surface area contributed by atoms with Crippen LogP contribution in [-0.4, -0.2) is 11.4 Å². The van der Waals surface area contributed by atoms with E-state index in [1.165, 1.54) is 5.56 Å². The Labute approximate surface area is 158 Å². The molecule has 0 saturated carbocycles. The first-order valence-electron chi connectivity index (χ1n) is 8.63. The molecule has 132 valence electrons. The van der Waals surface area contributed by atoms with Crippen molar-refractivity contribution in [1.29, 1.82) is 0 Å². The molecule has 0 spiro atoms. The molecule has 0 amide bonds. The van der Waals surface area contributed by atoms with Gasteiger partial charge in [-0.05, 0) is 42.8 Å². The van der Waals surface area contributed by atoms with Gasteiger partial charge in [-0.1, -0.05) is 60.7 Å². The molecular weight excluding hydrogens is 342 g/mol. The van der Waals surface area contributed by atoms with Gasteiger partial charge < -0.3 is 9.47 Å². The Morgan fingerprint density at radius 2 is 1.50 bits per heavy atom. The Balaban J connectivity index is 1.47. The minimum Gasteiger partial charge on any atom is -0.445 e. The molecule has 1 aliphatic heterocycles. The molecule has 0 aliphatic carbocycles. The lowest BCUT2D eigenvalue weighted by Gasteiger charge is -2.23. The Hall–Kier alpha value is -2.43. The molecule has 0 aromatic heterocycles. The van der Waals surface area contributed by atoms with Gasteiger partial charge in [-0.2, -0.15) is 0 Å². The first-order chi connectivity index (χ1) is 12.6. The van der Waals surface area contributed by atoms with Crippen molar-refractivity contribution < 1.29 is 9.47 Å². The summed E-state index contributed by atoms with van der Waals surface area (Å²) in [6.45, 7) is 2.83. The third kappa shape index (κ3) is 3.57. The predicted octanol–water partition coefficient (Wildman–Crippen LogP) is 5.47. The first kappa shape index (κ1) is 17.0. The van der Waals surface area contributed by atoms with E-state index in [4.69, 9.17) is 9.47 Å². The quantitative estimate of drug-likeness (QED) is 0.560. The van der Waals surface area contributed by atoms with E-state index < -0.39 is 5.79 Å². The second-order valence-corrected chi connectivity index (χ2v) is 7.76. The van der Waals surface area contributed by atoms with Crippen molar-refractivity contribution in [2.24, 2.45) is 0 Å². The summed E-state index contributed by atoms with van der Waals surface area (Å²) in [5, 5.41) is 0. The third-order valence-electron chi connectivity index (χ3n) is 4.33. The Kier molecular flexibility index (Phi) is 4.62. The fourth-order valence-electron chi connectivity index (χ4n) is 3.06. The largest absolute Gasteiger partial charge is 0.445 e. The molecule has 4 rings (SSSR count). The van der Waals surface area contributed by atoms with Crippen molar-refractivity contribution in [2.75, 3.05) is 7.05 Å². The highest BCUT2D eigenvalue weighted by Gasteiger charge is 2.38. The summed E-state index contributed by atoms with van der Waals surface area (Å²) in [5.41, 5.74) is 2.30. The SMILES string of the molecule is CN(Cc1ccccc1)Sc1ccc2c(c1)OC(C)(c1ccccc1)O2. The summed E-state index contributed by atoms with van der Waals surface area (Å²) >= 11 is 1.70.